The van der Waals surface area contributed by atoms with Crippen LogP contribution in [-0.2, 0) is 4.74 Å². The van der Waals surface area contributed by atoms with Crippen LogP contribution < -0.4 is 0 Å². The zero-order valence-electron chi connectivity index (χ0n) is 12.1. The van der Waals surface area contributed by atoms with Crippen molar-refractivity contribution < 1.29 is 9.53 Å². The second-order valence-electron chi connectivity index (χ2n) is 4.90. The van der Waals surface area contributed by atoms with Gasteiger partial charge in [0.25, 0.3) is 0 Å². The van der Waals surface area contributed by atoms with Crippen LogP contribution in [0.4, 0.5) is 0 Å². The number of carbonyl (C=O) groups excluding carboxylic acids is 1. The molecule has 0 aliphatic heterocycles. The van der Waals surface area contributed by atoms with Crippen molar-refractivity contribution in [1.29, 1.82) is 0 Å². The maximum Gasteiger partial charge on any atom is 0.338 e. The van der Waals surface area contributed by atoms with Crippen LogP contribution in [0.3, 0.4) is 0 Å². The number of unbranched alkanes of at least 4 members (excludes halogenated alkanes) is 1. The minimum absolute atomic E-state index is 0.235. The Morgan fingerprint density at radius 1 is 1.10 bits per heavy atom. The highest BCUT2D eigenvalue weighted by Gasteiger charge is 2.14. The first-order valence-electron chi connectivity index (χ1n) is 7.05. The number of hydrogen-bond acceptors (Lipinski definition) is 2. The summed E-state index contributed by atoms with van der Waals surface area (Å²) < 4.78 is 5.35. The number of aryl methyl sites for hydroxylation is 1. The van der Waals surface area contributed by atoms with E-state index in [0.29, 0.717) is 12.2 Å². The fourth-order valence-electron chi connectivity index (χ4n) is 2.08. The summed E-state index contributed by atoms with van der Waals surface area (Å²) in [5, 5.41) is 0. The van der Waals surface area contributed by atoms with E-state index in [0.717, 1.165) is 29.5 Å². The van der Waals surface area contributed by atoms with Crippen molar-refractivity contribution in [3.8, 4) is 11.1 Å². The van der Waals surface area contributed by atoms with Crippen LogP contribution in [0.5, 0.6) is 0 Å². The molecule has 0 aliphatic rings. The average Bonchev–Trinajstić information content (AvgIpc) is 2.48. The van der Waals surface area contributed by atoms with Crippen LogP contribution in [0.1, 0.15) is 35.7 Å². The Balaban J connectivity index is 2.31. The Kier molecular flexibility index (Phi) is 4.94. The third-order valence-corrected chi connectivity index (χ3v) is 3.21. The molecule has 0 radical (unpaired) electrons. The van der Waals surface area contributed by atoms with Gasteiger partial charge in [0.15, 0.2) is 0 Å². The molecule has 2 nitrogen and oxygen atoms in total. The predicted molar refractivity (Wildman–Crippen MR) is 81.8 cm³/mol. The number of hydrogen-bond donors (Lipinski definition) is 0. The first kappa shape index (κ1) is 14.3. The summed E-state index contributed by atoms with van der Waals surface area (Å²) in [4.78, 5) is 12.2. The number of esters is 1. The summed E-state index contributed by atoms with van der Waals surface area (Å²) >= 11 is 0. The van der Waals surface area contributed by atoms with E-state index in [1.807, 2.05) is 55.5 Å². The lowest BCUT2D eigenvalue weighted by Crippen LogP contribution is -2.08. The quantitative estimate of drug-likeness (QED) is 0.584. The van der Waals surface area contributed by atoms with Crippen molar-refractivity contribution in [3.63, 3.8) is 0 Å². The Morgan fingerprint density at radius 3 is 2.55 bits per heavy atom. The Labute approximate surface area is 120 Å². The second-order valence-corrected chi connectivity index (χ2v) is 4.90. The standard InChI is InChI=1S/C18H20O2/c1-3-4-12-20-18(19)17-13-14(2)10-11-16(17)15-8-6-5-7-9-15/h5-11,13H,3-4,12H2,1-2H3. The summed E-state index contributed by atoms with van der Waals surface area (Å²) in [6.07, 6.45) is 1.92. The van der Waals surface area contributed by atoms with Crippen LogP contribution >= 0.6 is 0 Å². The molecule has 0 aliphatic carbocycles. The summed E-state index contributed by atoms with van der Waals surface area (Å²) in [5.74, 6) is -0.235. The van der Waals surface area contributed by atoms with Crippen LogP contribution in [0.25, 0.3) is 11.1 Å². The SMILES string of the molecule is CCCCOC(=O)c1cc(C)ccc1-c1ccccc1. The van der Waals surface area contributed by atoms with Gasteiger partial charge in [0.05, 0.1) is 12.2 Å². The lowest BCUT2D eigenvalue weighted by molar-refractivity contribution is 0.0500. The van der Waals surface area contributed by atoms with E-state index < -0.39 is 0 Å². The van der Waals surface area contributed by atoms with Gasteiger partial charge in [-0.25, -0.2) is 4.79 Å². The largest absolute Gasteiger partial charge is 0.462 e. The number of carbonyl (C=O) groups is 1. The first-order chi connectivity index (χ1) is 9.72. The molecule has 0 saturated carbocycles. The fourth-order valence-corrected chi connectivity index (χ4v) is 2.08. The fraction of sp³-hybridized carbons (Fsp3) is 0.278. The van der Waals surface area contributed by atoms with E-state index in [1.54, 1.807) is 0 Å². The summed E-state index contributed by atoms with van der Waals surface area (Å²) in [5.41, 5.74) is 3.67. The molecule has 0 bridgehead atoms. The van der Waals surface area contributed by atoms with Crippen LogP contribution in [0, 0.1) is 6.92 Å². The molecule has 0 saturated heterocycles. The minimum Gasteiger partial charge on any atom is -0.462 e. The summed E-state index contributed by atoms with van der Waals surface area (Å²) in [7, 11) is 0. The molecule has 0 N–H and O–H groups in total. The molecule has 104 valence electrons. The lowest BCUT2D eigenvalue weighted by atomic mass is 9.98. The van der Waals surface area contributed by atoms with Crippen LogP contribution in [-0.4, -0.2) is 12.6 Å². The highest BCUT2D eigenvalue weighted by molar-refractivity contribution is 5.97. The van der Waals surface area contributed by atoms with Gasteiger partial charge in [0.1, 0.15) is 0 Å². The van der Waals surface area contributed by atoms with Crippen molar-refractivity contribution in [2.24, 2.45) is 0 Å². The van der Waals surface area contributed by atoms with Crippen LogP contribution in [0.15, 0.2) is 48.5 Å². The van der Waals surface area contributed by atoms with Crippen molar-refractivity contribution in [1.82, 2.24) is 0 Å². The molecule has 0 spiro atoms. The zero-order chi connectivity index (χ0) is 14.4. The van der Waals surface area contributed by atoms with E-state index in [4.69, 9.17) is 4.74 Å². The molecule has 0 unspecified atom stereocenters. The van der Waals surface area contributed by atoms with E-state index >= 15 is 0 Å². The maximum atomic E-state index is 12.2. The van der Waals surface area contributed by atoms with Crippen molar-refractivity contribution in [3.05, 3.63) is 59.7 Å². The van der Waals surface area contributed by atoms with Gasteiger partial charge in [-0.2, -0.15) is 0 Å². The Bertz CT molecular complexity index is 573. The second kappa shape index (κ2) is 6.90. The van der Waals surface area contributed by atoms with Gasteiger partial charge in [-0.05, 0) is 30.5 Å². The number of rotatable bonds is 5. The molecule has 2 aromatic carbocycles. The van der Waals surface area contributed by atoms with E-state index in [-0.39, 0.29) is 5.97 Å². The third-order valence-electron chi connectivity index (χ3n) is 3.21. The number of benzene rings is 2. The molecule has 0 aromatic heterocycles. The van der Waals surface area contributed by atoms with E-state index in [9.17, 15) is 4.79 Å². The number of ether oxygens (including phenoxy) is 1. The molecule has 0 fully saturated rings. The van der Waals surface area contributed by atoms with Crippen molar-refractivity contribution in [2.45, 2.75) is 26.7 Å². The maximum absolute atomic E-state index is 12.2. The first-order valence-corrected chi connectivity index (χ1v) is 7.05. The molecule has 2 aromatic rings. The zero-order valence-corrected chi connectivity index (χ0v) is 12.1. The lowest BCUT2D eigenvalue weighted by Gasteiger charge is -2.11. The third kappa shape index (κ3) is 3.47. The molecule has 0 heterocycles. The van der Waals surface area contributed by atoms with Gasteiger partial charge in [0.2, 0.25) is 0 Å². The summed E-state index contributed by atoms with van der Waals surface area (Å²) in [6.45, 7) is 4.55. The van der Waals surface area contributed by atoms with Gasteiger partial charge < -0.3 is 4.74 Å². The topological polar surface area (TPSA) is 26.3 Å². The molecule has 2 heteroatoms. The molecule has 20 heavy (non-hydrogen) atoms. The monoisotopic (exact) mass is 268 g/mol. The Hall–Kier alpha value is -2.09. The van der Waals surface area contributed by atoms with Gasteiger partial charge in [-0.1, -0.05) is 61.4 Å². The highest BCUT2D eigenvalue weighted by atomic mass is 16.5. The molecular weight excluding hydrogens is 248 g/mol. The van der Waals surface area contributed by atoms with E-state index in [1.165, 1.54) is 0 Å². The highest BCUT2D eigenvalue weighted by Crippen LogP contribution is 2.25. The summed E-state index contributed by atoms with van der Waals surface area (Å²) in [6, 6.07) is 15.8. The molecule has 2 rings (SSSR count). The van der Waals surface area contributed by atoms with Crippen molar-refractivity contribution >= 4 is 5.97 Å². The predicted octanol–water partition coefficient (Wildman–Crippen LogP) is 4.62. The average molecular weight is 268 g/mol. The minimum atomic E-state index is -0.235. The van der Waals surface area contributed by atoms with Crippen molar-refractivity contribution in [2.75, 3.05) is 6.61 Å². The molecule has 0 amide bonds. The Morgan fingerprint density at radius 2 is 1.85 bits per heavy atom. The smallest absolute Gasteiger partial charge is 0.338 e. The normalized spacial score (nSPS) is 10.3. The molecular formula is C18H20O2. The van der Waals surface area contributed by atoms with Gasteiger partial charge in [-0.3, -0.25) is 0 Å². The van der Waals surface area contributed by atoms with Gasteiger partial charge in [0, 0.05) is 0 Å². The molecule has 0 atom stereocenters. The van der Waals surface area contributed by atoms with E-state index in [2.05, 4.69) is 6.92 Å². The van der Waals surface area contributed by atoms with Gasteiger partial charge in [-0.15, -0.1) is 0 Å². The van der Waals surface area contributed by atoms with Crippen LogP contribution in [0.2, 0.25) is 0 Å². The van der Waals surface area contributed by atoms with Gasteiger partial charge >= 0.3 is 5.97 Å².